The van der Waals surface area contributed by atoms with Gasteiger partial charge in [0.2, 0.25) is 5.16 Å². The maximum Gasteiger partial charge on any atom is 0.208 e. The van der Waals surface area contributed by atoms with E-state index in [4.69, 9.17) is 4.74 Å². The number of nitrogens with one attached hydrogen (secondary N) is 1. The van der Waals surface area contributed by atoms with Crippen molar-refractivity contribution in [2.24, 2.45) is 0 Å². The fourth-order valence-electron chi connectivity index (χ4n) is 1.40. The zero-order valence-electron chi connectivity index (χ0n) is 9.23. The standard InChI is InChI=1S/C11H13N3OS/c1-3-16-11-12-10(13-14-11)8-6-4-5-7-9(8)15-2/h4-7H,3H2,1-2H3,(H,12,13,14). The van der Waals surface area contributed by atoms with E-state index in [-0.39, 0.29) is 0 Å². The van der Waals surface area contributed by atoms with Gasteiger partial charge in [-0.15, -0.1) is 5.10 Å². The predicted molar refractivity (Wildman–Crippen MR) is 64.8 cm³/mol. The van der Waals surface area contributed by atoms with Gasteiger partial charge in [0, 0.05) is 0 Å². The molecule has 4 nitrogen and oxygen atoms in total. The van der Waals surface area contributed by atoms with E-state index in [1.807, 2.05) is 24.3 Å². The molecule has 84 valence electrons. The van der Waals surface area contributed by atoms with Crippen LogP contribution in [0.5, 0.6) is 5.75 Å². The van der Waals surface area contributed by atoms with E-state index in [2.05, 4.69) is 22.1 Å². The van der Waals surface area contributed by atoms with Gasteiger partial charge in [-0.25, -0.2) is 4.98 Å². The number of methoxy groups -OCH3 is 1. The van der Waals surface area contributed by atoms with Gasteiger partial charge < -0.3 is 4.74 Å². The highest BCUT2D eigenvalue weighted by atomic mass is 32.2. The first-order chi connectivity index (χ1) is 7.85. The number of nitrogens with zero attached hydrogens (tertiary/aromatic N) is 2. The number of aromatic nitrogens is 3. The van der Waals surface area contributed by atoms with Crippen molar-refractivity contribution in [3.05, 3.63) is 24.3 Å². The van der Waals surface area contributed by atoms with Crippen molar-refractivity contribution < 1.29 is 4.74 Å². The zero-order chi connectivity index (χ0) is 11.4. The van der Waals surface area contributed by atoms with Crippen molar-refractivity contribution in [3.63, 3.8) is 0 Å². The summed E-state index contributed by atoms with van der Waals surface area (Å²) >= 11 is 1.61. The minimum absolute atomic E-state index is 0.744. The Balaban J connectivity index is 2.34. The molecular formula is C11H13N3OS. The van der Waals surface area contributed by atoms with E-state index in [1.54, 1.807) is 18.9 Å². The number of para-hydroxylation sites is 1. The first-order valence-electron chi connectivity index (χ1n) is 5.03. The van der Waals surface area contributed by atoms with Crippen LogP contribution in [0.1, 0.15) is 6.92 Å². The van der Waals surface area contributed by atoms with Crippen LogP contribution in [0.15, 0.2) is 29.4 Å². The third-order valence-electron chi connectivity index (χ3n) is 2.10. The van der Waals surface area contributed by atoms with Crippen molar-refractivity contribution in [1.29, 1.82) is 0 Å². The molecule has 2 aromatic rings. The van der Waals surface area contributed by atoms with E-state index in [9.17, 15) is 0 Å². The van der Waals surface area contributed by atoms with E-state index in [1.165, 1.54) is 0 Å². The van der Waals surface area contributed by atoms with Crippen LogP contribution < -0.4 is 4.74 Å². The molecule has 0 spiro atoms. The summed E-state index contributed by atoms with van der Waals surface area (Å²) in [5, 5.41) is 7.82. The second kappa shape index (κ2) is 5.03. The van der Waals surface area contributed by atoms with Crippen LogP contribution in [0.25, 0.3) is 11.4 Å². The predicted octanol–water partition coefficient (Wildman–Crippen LogP) is 2.59. The van der Waals surface area contributed by atoms with E-state index in [0.717, 1.165) is 28.0 Å². The molecule has 1 N–H and O–H groups in total. The number of aromatic amines is 1. The molecule has 1 aromatic carbocycles. The van der Waals surface area contributed by atoms with Gasteiger partial charge in [0.25, 0.3) is 0 Å². The summed E-state index contributed by atoms with van der Waals surface area (Å²) in [6.07, 6.45) is 0. The van der Waals surface area contributed by atoms with Crippen molar-refractivity contribution in [2.45, 2.75) is 12.1 Å². The minimum atomic E-state index is 0.744. The molecule has 2 rings (SSSR count). The third-order valence-corrected chi connectivity index (χ3v) is 2.83. The topological polar surface area (TPSA) is 50.8 Å². The Kier molecular flexibility index (Phi) is 3.46. The van der Waals surface area contributed by atoms with Crippen LogP contribution >= 0.6 is 11.8 Å². The molecule has 0 aliphatic rings. The number of H-pyrrole nitrogens is 1. The lowest BCUT2D eigenvalue weighted by molar-refractivity contribution is 0.416. The summed E-state index contributed by atoms with van der Waals surface area (Å²) in [6.45, 7) is 2.07. The van der Waals surface area contributed by atoms with Gasteiger partial charge in [-0.3, -0.25) is 5.10 Å². The maximum absolute atomic E-state index is 5.27. The minimum Gasteiger partial charge on any atom is -0.496 e. The SMILES string of the molecule is CCSc1n[nH]c(-c2ccccc2OC)n1. The lowest BCUT2D eigenvalue weighted by atomic mass is 10.2. The van der Waals surface area contributed by atoms with Crippen molar-refractivity contribution in [3.8, 4) is 17.1 Å². The number of hydrogen-bond donors (Lipinski definition) is 1. The Labute approximate surface area is 98.4 Å². The second-order valence-corrected chi connectivity index (χ2v) is 4.33. The van der Waals surface area contributed by atoms with Crippen molar-refractivity contribution in [1.82, 2.24) is 15.2 Å². The van der Waals surface area contributed by atoms with E-state index < -0.39 is 0 Å². The molecule has 0 aliphatic heterocycles. The molecule has 0 bridgehead atoms. The Bertz CT molecular complexity index is 470. The summed E-state index contributed by atoms with van der Waals surface area (Å²) in [4.78, 5) is 4.40. The highest BCUT2D eigenvalue weighted by molar-refractivity contribution is 7.99. The summed E-state index contributed by atoms with van der Waals surface area (Å²) < 4.78 is 5.27. The first-order valence-corrected chi connectivity index (χ1v) is 6.02. The Morgan fingerprint density at radius 2 is 2.19 bits per heavy atom. The van der Waals surface area contributed by atoms with E-state index >= 15 is 0 Å². The van der Waals surface area contributed by atoms with Gasteiger partial charge in [0.05, 0.1) is 12.7 Å². The summed E-state index contributed by atoms with van der Waals surface area (Å²) in [5.74, 6) is 2.50. The molecule has 1 heterocycles. The van der Waals surface area contributed by atoms with Crippen LogP contribution in [0.3, 0.4) is 0 Å². The molecule has 0 radical (unpaired) electrons. The summed E-state index contributed by atoms with van der Waals surface area (Å²) in [7, 11) is 1.65. The highest BCUT2D eigenvalue weighted by Crippen LogP contribution is 2.27. The van der Waals surface area contributed by atoms with Crippen molar-refractivity contribution in [2.75, 3.05) is 12.9 Å². The zero-order valence-corrected chi connectivity index (χ0v) is 10.0. The molecule has 0 saturated carbocycles. The smallest absolute Gasteiger partial charge is 0.208 e. The molecular weight excluding hydrogens is 222 g/mol. The van der Waals surface area contributed by atoms with Crippen LogP contribution in [0, 0.1) is 0 Å². The van der Waals surface area contributed by atoms with Crippen LogP contribution in [0.2, 0.25) is 0 Å². The molecule has 5 heteroatoms. The van der Waals surface area contributed by atoms with Gasteiger partial charge in [-0.05, 0) is 17.9 Å². The second-order valence-electron chi connectivity index (χ2n) is 3.10. The molecule has 0 unspecified atom stereocenters. The lowest BCUT2D eigenvalue weighted by Crippen LogP contribution is -1.88. The van der Waals surface area contributed by atoms with E-state index in [0.29, 0.717) is 0 Å². The average Bonchev–Trinajstić information content (AvgIpc) is 2.78. The molecule has 1 aromatic heterocycles. The Morgan fingerprint density at radius 1 is 1.38 bits per heavy atom. The number of ether oxygens (including phenoxy) is 1. The highest BCUT2D eigenvalue weighted by Gasteiger charge is 2.09. The molecule has 0 saturated heterocycles. The summed E-state index contributed by atoms with van der Waals surface area (Å²) in [5.41, 5.74) is 0.931. The fraction of sp³-hybridized carbons (Fsp3) is 0.273. The maximum atomic E-state index is 5.27. The Morgan fingerprint density at radius 3 is 2.94 bits per heavy atom. The third kappa shape index (κ3) is 2.19. The quantitative estimate of drug-likeness (QED) is 0.827. The van der Waals surface area contributed by atoms with Gasteiger partial charge in [-0.2, -0.15) is 0 Å². The summed E-state index contributed by atoms with van der Waals surface area (Å²) in [6, 6.07) is 7.75. The van der Waals surface area contributed by atoms with Gasteiger partial charge in [-0.1, -0.05) is 30.8 Å². The van der Waals surface area contributed by atoms with Gasteiger partial charge in [0.15, 0.2) is 5.82 Å². The number of rotatable bonds is 4. The lowest BCUT2D eigenvalue weighted by Gasteiger charge is -2.03. The molecule has 0 amide bonds. The van der Waals surface area contributed by atoms with Gasteiger partial charge in [0.1, 0.15) is 5.75 Å². The largest absolute Gasteiger partial charge is 0.496 e. The van der Waals surface area contributed by atoms with Crippen molar-refractivity contribution >= 4 is 11.8 Å². The monoisotopic (exact) mass is 235 g/mol. The average molecular weight is 235 g/mol. The normalized spacial score (nSPS) is 10.4. The van der Waals surface area contributed by atoms with Crippen LogP contribution in [0.4, 0.5) is 0 Å². The van der Waals surface area contributed by atoms with Crippen LogP contribution in [-0.2, 0) is 0 Å². The fourth-order valence-corrected chi connectivity index (χ4v) is 1.93. The Hall–Kier alpha value is -1.49. The van der Waals surface area contributed by atoms with Gasteiger partial charge >= 0.3 is 0 Å². The van der Waals surface area contributed by atoms with Crippen LogP contribution in [-0.4, -0.2) is 28.0 Å². The molecule has 0 atom stereocenters. The molecule has 16 heavy (non-hydrogen) atoms. The number of thioether (sulfide) groups is 1. The number of hydrogen-bond acceptors (Lipinski definition) is 4. The molecule has 0 fully saturated rings. The molecule has 0 aliphatic carbocycles. The first kappa shape index (κ1) is 11.0. The number of benzene rings is 1.